The maximum atomic E-state index is 12.1. The molecule has 6 heteroatoms. The zero-order chi connectivity index (χ0) is 22.7. The number of fused-ring (bicyclic) bond motifs is 1. The van der Waals surface area contributed by atoms with Gasteiger partial charge in [-0.25, -0.2) is 13.1 Å². The molecule has 2 aliphatic carbocycles. The highest BCUT2D eigenvalue weighted by molar-refractivity contribution is 7.89. The fourth-order valence-electron chi connectivity index (χ4n) is 5.31. The first-order chi connectivity index (χ1) is 16.1. The van der Waals surface area contributed by atoms with Crippen molar-refractivity contribution in [2.24, 2.45) is 11.8 Å². The first-order valence-corrected chi connectivity index (χ1v) is 14.2. The van der Waals surface area contributed by atoms with Crippen LogP contribution in [0.1, 0.15) is 48.3 Å². The van der Waals surface area contributed by atoms with E-state index in [9.17, 15) is 8.42 Å². The van der Waals surface area contributed by atoms with E-state index in [0.717, 1.165) is 31.4 Å². The van der Waals surface area contributed by atoms with E-state index in [1.165, 1.54) is 49.2 Å². The average molecular weight is 469 g/mol. The highest BCUT2D eigenvalue weighted by Gasteiger charge is 2.32. The number of aryl methyl sites for hydroxylation is 1. The van der Waals surface area contributed by atoms with Gasteiger partial charge in [-0.3, -0.25) is 0 Å². The maximum absolute atomic E-state index is 12.1. The summed E-state index contributed by atoms with van der Waals surface area (Å²) in [5.41, 5.74) is 4.25. The molecule has 0 radical (unpaired) electrons. The molecule has 1 saturated carbocycles. The second-order valence-corrected chi connectivity index (χ2v) is 11.9. The van der Waals surface area contributed by atoms with E-state index in [1.807, 2.05) is 6.07 Å². The van der Waals surface area contributed by atoms with Crippen molar-refractivity contribution < 1.29 is 13.2 Å². The minimum Gasteiger partial charge on any atom is -0.492 e. The standard InChI is InChI=1S/C27H36N2O3S/c30-33(31,20-22-7-8-22)28-13-16-32-25-12-11-23-9-10-24(19-29-14-4-15-29)26(27(23)18-25)17-21-5-2-1-3-6-21/h1-3,5-6,11-12,18,22,24,26,28H,4,7-10,13-17,19-20H2/t24-,26+/m0/s1. The van der Waals surface area contributed by atoms with Crippen LogP contribution in [0.3, 0.4) is 0 Å². The molecule has 1 N–H and O–H groups in total. The van der Waals surface area contributed by atoms with E-state index >= 15 is 0 Å². The second kappa shape index (κ2) is 10.2. The zero-order valence-electron chi connectivity index (χ0n) is 19.4. The first-order valence-electron chi connectivity index (χ1n) is 12.5. The molecule has 1 aliphatic heterocycles. The van der Waals surface area contributed by atoms with Crippen molar-refractivity contribution in [2.45, 2.75) is 44.4 Å². The number of hydrogen-bond donors (Lipinski definition) is 1. The molecular weight excluding hydrogens is 432 g/mol. The molecule has 3 aliphatic rings. The van der Waals surface area contributed by atoms with Crippen molar-refractivity contribution in [1.82, 2.24) is 9.62 Å². The second-order valence-electron chi connectivity index (χ2n) is 10.1. The number of ether oxygens (including phenoxy) is 1. The molecule has 0 spiro atoms. The first kappa shape index (κ1) is 22.9. The molecule has 2 atom stereocenters. The lowest BCUT2D eigenvalue weighted by Crippen LogP contribution is -2.43. The van der Waals surface area contributed by atoms with Crippen molar-refractivity contribution in [3.63, 3.8) is 0 Å². The molecule has 2 aromatic rings. The number of rotatable bonds is 11. The van der Waals surface area contributed by atoms with Gasteiger partial charge in [0.2, 0.25) is 10.0 Å². The third-order valence-corrected chi connectivity index (χ3v) is 9.01. The normalized spacial score (nSPS) is 23.0. The quantitative estimate of drug-likeness (QED) is 0.507. The van der Waals surface area contributed by atoms with Crippen LogP contribution in [-0.2, 0) is 22.9 Å². The van der Waals surface area contributed by atoms with Crippen LogP contribution in [0.5, 0.6) is 5.75 Å². The number of hydrogen-bond acceptors (Lipinski definition) is 4. The molecule has 33 heavy (non-hydrogen) atoms. The van der Waals surface area contributed by atoms with Crippen LogP contribution in [0, 0.1) is 11.8 Å². The van der Waals surface area contributed by atoms with Crippen molar-refractivity contribution in [1.29, 1.82) is 0 Å². The largest absolute Gasteiger partial charge is 0.492 e. The lowest BCUT2D eigenvalue weighted by atomic mass is 9.72. The van der Waals surface area contributed by atoms with Gasteiger partial charge in [-0.15, -0.1) is 0 Å². The Balaban J connectivity index is 1.26. The minimum absolute atomic E-state index is 0.255. The van der Waals surface area contributed by atoms with Gasteiger partial charge in [0.05, 0.1) is 5.75 Å². The van der Waals surface area contributed by atoms with E-state index in [-0.39, 0.29) is 5.75 Å². The Hall–Kier alpha value is -1.89. The van der Waals surface area contributed by atoms with Gasteiger partial charge in [-0.05, 0) is 98.2 Å². The molecule has 5 rings (SSSR count). The highest BCUT2D eigenvalue weighted by atomic mass is 32.2. The topological polar surface area (TPSA) is 58.6 Å². The summed E-state index contributed by atoms with van der Waals surface area (Å²) in [6.45, 7) is 4.33. The number of sulfonamides is 1. The van der Waals surface area contributed by atoms with Crippen molar-refractivity contribution in [2.75, 3.05) is 38.5 Å². The Labute approximate surface area is 198 Å². The molecule has 1 saturated heterocycles. The summed E-state index contributed by atoms with van der Waals surface area (Å²) in [6.07, 6.45) is 6.82. The zero-order valence-corrected chi connectivity index (χ0v) is 20.2. The van der Waals surface area contributed by atoms with Gasteiger partial charge in [-0.2, -0.15) is 0 Å². The van der Waals surface area contributed by atoms with Crippen molar-refractivity contribution in [3.8, 4) is 5.75 Å². The Bertz CT molecular complexity index is 1030. The molecular formula is C27H36N2O3S. The molecule has 0 bridgehead atoms. The van der Waals surface area contributed by atoms with Crippen LogP contribution in [0.15, 0.2) is 48.5 Å². The molecule has 178 valence electrons. The van der Waals surface area contributed by atoms with Gasteiger partial charge in [0.1, 0.15) is 12.4 Å². The van der Waals surface area contributed by atoms with E-state index < -0.39 is 10.0 Å². The van der Waals surface area contributed by atoms with Gasteiger partial charge in [0, 0.05) is 13.1 Å². The van der Waals surface area contributed by atoms with Crippen molar-refractivity contribution in [3.05, 3.63) is 65.2 Å². The summed E-state index contributed by atoms with van der Waals surface area (Å²) >= 11 is 0. The summed E-state index contributed by atoms with van der Waals surface area (Å²) in [5.74, 6) is 2.60. The van der Waals surface area contributed by atoms with E-state index in [2.05, 4.69) is 52.1 Å². The summed E-state index contributed by atoms with van der Waals surface area (Å²) in [4.78, 5) is 2.60. The molecule has 0 amide bonds. The predicted molar refractivity (Wildman–Crippen MR) is 132 cm³/mol. The van der Waals surface area contributed by atoms with E-state index in [0.29, 0.717) is 30.9 Å². The Morgan fingerprint density at radius 1 is 1.03 bits per heavy atom. The highest BCUT2D eigenvalue weighted by Crippen LogP contribution is 2.41. The van der Waals surface area contributed by atoms with Crippen LogP contribution in [0.4, 0.5) is 0 Å². The van der Waals surface area contributed by atoms with Gasteiger partial charge in [0.15, 0.2) is 0 Å². The van der Waals surface area contributed by atoms with Crippen LogP contribution < -0.4 is 9.46 Å². The number of likely N-dealkylation sites (tertiary alicyclic amines) is 1. The van der Waals surface area contributed by atoms with Gasteiger partial charge >= 0.3 is 0 Å². The van der Waals surface area contributed by atoms with Crippen LogP contribution >= 0.6 is 0 Å². The monoisotopic (exact) mass is 468 g/mol. The number of benzene rings is 2. The summed E-state index contributed by atoms with van der Waals surface area (Å²) in [7, 11) is -3.18. The Kier molecular flexibility index (Phi) is 7.05. The molecule has 2 fully saturated rings. The molecule has 1 heterocycles. The smallest absolute Gasteiger partial charge is 0.211 e. The minimum atomic E-state index is -3.18. The van der Waals surface area contributed by atoms with Crippen molar-refractivity contribution >= 4 is 10.0 Å². The summed E-state index contributed by atoms with van der Waals surface area (Å²) < 4.78 is 32.9. The lowest BCUT2D eigenvalue weighted by Gasteiger charge is -2.40. The number of nitrogens with zero attached hydrogens (tertiary/aromatic N) is 1. The summed E-state index contributed by atoms with van der Waals surface area (Å²) in [5, 5.41) is 0. The van der Waals surface area contributed by atoms with Crippen LogP contribution in [0.25, 0.3) is 0 Å². The third kappa shape index (κ3) is 6.17. The SMILES string of the molecule is O=S(=O)(CC1CC1)NCCOc1ccc2c(c1)[C@H](Cc1ccccc1)[C@H](CN1CCC1)CC2. The predicted octanol–water partition coefficient (Wildman–Crippen LogP) is 3.99. The molecule has 0 aromatic heterocycles. The average Bonchev–Trinajstić information content (AvgIpc) is 3.59. The van der Waals surface area contributed by atoms with E-state index in [1.54, 1.807) is 0 Å². The lowest BCUT2D eigenvalue weighted by molar-refractivity contribution is 0.134. The van der Waals surface area contributed by atoms with Crippen LogP contribution in [-0.4, -0.2) is 51.9 Å². The molecule has 2 aromatic carbocycles. The van der Waals surface area contributed by atoms with Gasteiger partial charge < -0.3 is 9.64 Å². The number of nitrogens with one attached hydrogen (secondary N) is 1. The molecule has 0 unspecified atom stereocenters. The Morgan fingerprint density at radius 2 is 1.85 bits per heavy atom. The Morgan fingerprint density at radius 3 is 2.58 bits per heavy atom. The maximum Gasteiger partial charge on any atom is 0.211 e. The van der Waals surface area contributed by atoms with Crippen LogP contribution in [0.2, 0.25) is 0 Å². The molecule has 5 nitrogen and oxygen atoms in total. The van der Waals surface area contributed by atoms with Gasteiger partial charge in [-0.1, -0.05) is 36.4 Å². The van der Waals surface area contributed by atoms with Gasteiger partial charge in [0.25, 0.3) is 0 Å². The fraction of sp³-hybridized carbons (Fsp3) is 0.556. The fourth-order valence-corrected chi connectivity index (χ4v) is 6.78. The third-order valence-electron chi connectivity index (χ3n) is 7.45. The summed E-state index contributed by atoms with van der Waals surface area (Å²) in [6, 6.07) is 17.3. The van der Waals surface area contributed by atoms with E-state index in [4.69, 9.17) is 4.74 Å².